The number of anilines is 2. The van der Waals surface area contributed by atoms with Crippen LogP contribution in [0.25, 0.3) is 0 Å². The first-order valence-electron chi connectivity index (χ1n) is 3.98. The molecule has 3 nitrogen and oxygen atoms in total. The fourth-order valence-corrected chi connectivity index (χ4v) is 1.27. The fraction of sp³-hybridized carbons (Fsp3) is 0.222. The second-order valence-electron chi connectivity index (χ2n) is 2.82. The minimum Gasteiger partial charge on any atom is -0.399 e. The van der Waals surface area contributed by atoms with Crippen LogP contribution in [-0.2, 0) is 0 Å². The molecule has 0 fully saturated rings. The van der Waals surface area contributed by atoms with Gasteiger partial charge < -0.3 is 10.6 Å². The van der Waals surface area contributed by atoms with Crippen LogP contribution >= 0.6 is 0 Å². The lowest BCUT2D eigenvalue weighted by Crippen LogP contribution is -2.19. The van der Waals surface area contributed by atoms with Crippen molar-refractivity contribution in [3.05, 3.63) is 30.5 Å². The molecule has 0 saturated heterocycles. The van der Waals surface area contributed by atoms with E-state index < -0.39 is 0 Å². The topological polar surface area (TPSA) is 42.1 Å². The van der Waals surface area contributed by atoms with E-state index in [2.05, 4.69) is 22.0 Å². The number of hydrogen-bond acceptors (Lipinski definition) is 3. The van der Waals surface area contributed by atoms with Gasteiger partial charge in [-0.2, -0.15) is 0 Å². The van der Waals surface area contributed by atoms with E-state index in [-0.39, 0.29) is 0 Å². The molecule has 12 heavy (non-hydrogen) atoms. The van der Waals surface area contributed by atoms with E-state index in [1.165, 1.54) is 0 Å². The van der Waals surface area contributed by atoms with Crippen LogP contribution in [0.2, 0.25) is 0 Å². The molecular formula is C9H11N3. The summed E-state index contributed by atoms with van der Waals surface area (Å²) in [6.45, 7) is 1.88. The molecule has 0 radical (unpaired) electrons. The largest absolute Gasteiger partial charge is 0.399 e. The second kappa shape index (κ2) is 2.85. The van der Waals surface area contributed by atoms with Gasteiger partial charge in [-0.05, 0) is 6.07 Å². The molecule has 0 atom stereocenters. The van der Waals surface area contributed by atoms with Crippen molar-refractivity contribution in [1.29, 1.82) is 0 Å². The van der Waals surface area contributed by atoms with Crippen LogP contribution in [0.5, 0.6) is 0 Å². The van der Waals surface area contributed by atoms with Gasteiger partial charge in [-0.25, -0.2) is 4.98 Å². The number of pyridine rings is 1. The van der Waals surface area contributed by atoms with E-state index in [1.54, 1.807) is 12.3 Å². The Kier molecular flexibility index (Phi) is 1.70. The first-order valence-corrected chi connectivity index (χ1v) is 3.98. The summed E-state index contributed by atoms with van der Waals surface area (Å²) in [5.41, 5.74) is 6.41. The van der Waals surface area contributed by atoms with Crippen molar-refractivity contribution in [2.45, 2.75) is 0 Å². The summed E-state index contributed by atoms with van der Waals surface area (Å²) in [6, 6.07) is 3.69. The van der Waals surface area contributed by atoms with Crippen LogP contribution in [0.1, 0.15) is 0 Å². The Hall–Kier alpha value is -1.51. The Bertz CT molecular complexity index is 298. The fourth-order valence-electron chi connectivity index (χ4n) is 1.27. The van der Waals surface area contributed by atoms with Gasteiger partial charge in [-0.1, -0.05) is 12.2 Å². The van der Waals surface area contributed by atoms with Gasteiger partial charge in [-0.3, -0.25) is 0 Å². The van der Waals surface area contributed by atoms with Crippen molar-refractivity contribution in [1.82, 2.24) is 4.98 Å². The highest BCUT2D eigenvalue weighted by Crippen LogP contribution is 2.15. The van der Waals surface area contributed by atoms with Gasteiger partial charge in [0.15, 0.2) is 0 Å². The Morgan fingerprint density at radius 3 is 2.75 bits per heavy atom. The number of aromatic nitrogens is 1. The number of nitrogens with two attached hydrogens (primary N) is 1. The Balaban J connectivity index is 2.22. The molecule has 0 bridgehead atoms. The number of nitrogen functional groups attached to an aromatic ring is 1. The smallest absolute Gasteiger partial charge is 0.131 e. The van der Waals surface area contributed by atoms with Gasteiger partial charge >= 0.3 is 0 Å². The van der Waals surface area contributed by atoms with Gasteiger partial charge in [0.25, 0.3) is 0 Å². The molecule has 2 rings (SSSR count). The lowest BCUT2D eigenvalue weighted by molar-refractivity contribution is 0.970. The molecule has 62 valence electrons. The maximum Gasteiger partial charge on any atom is 0.131 e. The molecule has 2 N–H and O–H groups in total. The minimum atomic E-state index is 0.770. The Morgan fingerprint density at radius 2 is 2.08 bits per heavy atom. The second-order valence-corrected chi connectivity index (χ2v) is 2.82. The highest BCUT2D eigenvalue weighted by atomic mass is 15.2. The Morgan fingerprint density at radius 1 is 1.33 bits per heavy atom. The minimum absolute atomic E-state index is 0.770. The van der Waals surface area contributed by atoms with Gasteiger partial charge in [0.1, 0.15) is 5.82 Å². The van der Waals surface area contributed by atoms with E-state index in [0.29, 0.717) is 0 Å². The molecule has 3 heteroatoms. The normalized spacial score (nSPS) is 15.5. The maximum absolute atomic E-state index is 5.64. The van der Waals surface area contributed by atoms with Crippen molar-refractivity contribution in [3.8, 4) is 0 Å². The first kappa shape index (κ1) is 7.16. The zero-order chi connectivity index (χ0) is 8.39. The number of nitrogens with zero attached hydrogens (tertiary/aromatic N) is 2. The highest BCUT2D eigenvalue weighted by Gasteiger charge is 2.07. The zero-order valence-electron chi connectivity index (χ0n) is 6.77. The van der Waals surface area contributed by atoms with Crippen molar-refractivity contribution in [2.24, 2.45) is 0 Å². The lowest BCUT2D eigenvalue weighted by atomic mass is 10.4. The van der Waals surface area contributed by atoms with E-state index in [0.717, 1.165) is 24.6 Å². The van der Waals surface area contributed by atoms with E-state index in [1.807, 2.05) is 6.07 Å². The van der Waals surface area contributed by atoms with Crippen LogP contribution < -0.4 is 10.6 Å². The standard InChI is InChI=1S/C9H11N3/c10-8-3-4-11-9(7-8)12-5-1-2-6-12/h1-4,7H,5-6H2,(H2,10,11). The van der Waals surface area contributed by atoms with Crippen molar-refractivity contribution in [3.63, 3.8) is 0 Å². The lowest BCUT2D eigenvalue weighted by Gasteiger charge is -2.15. The third-order valence-corrected chi connectivity index (χ3v) is 1.91. The third kappa shape index (κ3) is 1.25. The molecule has 0 aromatic carbocycles. The molecular weight excluding hydrogens is 150 g/mol. The van der Waals surface area contributed by atoms with Gasteiger partial charge in [0.2, 0.25) is 0 Å². The average molecular weight is 161 g/mol. The zero-order valence-corrected chi connectivity index (χ0v) is 6.77. The summed E-state index contributed by atoms with van der Waals surface area (Å²) < 4.78 is 0. The molecule has 0 unspecified atom stereocenters. The molecule has 0 spiro atoms. The highest BCUT2D eigenvalue weighted by molar-refractivity contribution is 5.51. The van der Waals surface area contributed by atoms with E-state index >= 15 is 0 Å². The SMILES string of the molecule is Nc1ccnc(N2CC=CC2)c1. The third-order valence-electron chi connectivity index (χ3n) is 1.91. The van der Waals surface area contributed by atoms with Crippen molar-refractivity contribution >= 4 is 11.5 Å². The predicted molar refractivity (Wildman–Crippen MR) is 50.0 cm³/mol. The maximum atomic E-state index is 5.64. The molecule has 1 aliphatic heterocycles. The number of hydrogen-bond donors (Lipinski definition) is 1. The molecule has 2 heterocycles. The molecule has 0 amide bonds. The predicted octanol–water partition coefficient (Wildman–Crippen LogP) is 1.04. The van der Waals surface area contributed by atoms with Gasteiger partial charge in [0.05, 0.1) is 0 Å². The van der Waals surface area contributed by atoms with Crippen molar-refractivity contribution < 1.29 is 0 Å². The summed E-state index contributed by atoms with van der Waals surface area (Å²) in [5.74, 6) is 0.958. The Labute approximate surface area is 71.5 Å². The molecule has 1 aliphatic rings. The average Bonchev–Trinajstić information content (AvgIpc) is 2.56. The monoisotopic (exact) mass is 161 g/mol. The van der Waals surface area contributed by atoms with Crippen LogP contribution in [-0.4, -0.2) is 18.1 Å². The van der Waals surface area contributed by atoms with Crippen LogP contribution in [0, 0.1) is 0 Å². The van der Waals surface area contributed by atoms with Gasteiger partial charge in [-0.15, -0.1) is 0 Å². The van der Waals surface area contributed by atoms with Crippen LogP contribution in [0.4, 0.5) is 11.5 Å². The van der Waals surface area contributed by atoms with E-state index in [9.17, 15) is 0 Å². The summed E-state index contributed by atoms with van der Waals surface area (Å²) in [7, 11) is 0. The molecule has 1 aromatic heterocycles. The summed E-state index contributed by atoms with van der Waals surface area (Å²) >= 11 is 0. The molecule has 0 aliphatic carbocycles. The summed E-state index contributed by atoms with van der Waals surface area (Å²) in [5, 5.41) is 0. The van der Waals surface area contributed by atoms with Crippen molar-refractivity contribution in [2.75, 3.05) is 23.7 Å². The van der Waals surface area contributed by atoms with E-state index in [4.69, 9.17) is 5.73 Å². The summed E-state index contributed by atoms with van der Waals surface area (Å²) in [4.78, 5) is 6.39. The molecule has 0 saturated carbocycles. The first-order chi connectivity index (χ1) is 5.86. The summed E-state index contributed by atoms with van der Waals surface area (Å²) in [6.07, 6.45) is 6.00. The van der Waals surface area contributed by atoms with Gasteiger partial charge in [0, 0.05) is 31.0 Å². The molecule has 1 aromatic rings. The quantitative estimate of drug-likeness (QED) is 0.626. The van der Waals surface area contributed by atoms with Crippen LogP contribution in [0.3, 0.4) is 0 Å². The number of rotatable bonds is 1. The van der Waals surface area contributed by atoms with Crippen LogP contribution in [0.15, 0.2) is 30.5 Å².